The number of rotatable bonds is 4. The van der Waals surface area contributed by atoms with E-state index >= 15 is 0 Å². The lowest BCUT2D eigenvalue weighted by Crippen LogP contribution is -1.95. The minimum Gasteiger partial charge on any atom is -0.479 e. The van der Waals surface area contributed by atoms with Crippen molar-refractivity contribution in [3.05, 3.63) is 59.1 Å². The summed E-state index contributed by atoms with van der Waals surface area (Å²) in [4.78, 5) is 9.12. The molecule has 0 saturated carbocycles. The van der Waals surface area contributed by atoms with E-state index in [0.717, 1.165) is 26.8 Å². The summed E-state index contributed by atoms with van der Waals surface area (Å²) in [5.41, 5.74) is 2.89. The van der Waals surface area contributed by atoms with Crippen LogP contribution in [0.1, 0.15) is 5.56 Å². The van der Waals surface area contributed by atoms with Gasteiger partial charge in [-0.15, -0.1) is 0 Å². The van der Waals surface area contributed by atoms with Gasteiger partial charge in [-0.25, -0.2) is 9.97 Å². The Kier molecular flexibility index (Phi) is 4.27. The van der Waals surface area contributed by atoms with Crippen LogP contribution < -0.4 is 4.74 Å². The molecule has 0 spiro atoms. The van der Waals surface area contributed by atoms with E-state index in [1.165, 1.54) is 5.56 Å². The summed E-state index contributed by atoms with van der Waals surface area (Å²) in [6, 6.07) is 15.6. The van der Waals surface area contributed by atoms with Gasteiger partial charge in [-0.3, -0.25) is 0 Å². The van der Waals surface area contributed by atoms with Gasteiger partial charge < -0.3 is 4.74 Å². The minimum atomic E-state index is 0.563. The molecule has 1 aromatic heterocycles. The second-order valence-corrected chi connectivity index (χ2v) is 5.84. The molecule has 0 fully saturated rings. The number of para-hydroxylation sites is 2. The molecule has 0 amide bonds. The van der Waals surface area contributed by atoms with Crippen molar-refractivity contribution >= 4 is 34.4 Å². The lowest BCUT2D eigenvalue weighted by atomic mass is 10.2. The summed E-state index contributed by atoms with van der Waals surface area (Å²) in [7, 11) is 1.62. The van der Waals surface area contributed by atoms with Gasteiger partial charge in [0.25, 0.3) is 0 Å². The van der Waals surface area contributed by atoms with Crippen molar-refractivity contribution in [1.82, 2.24) is 9.97 Å². The van der Waals surface area contributed by atoms with Crippen molar-refractivity contribution in [2.24, 2.45) is 0 Å². The number of halogens is 1. The molecule has 3 nitrogen and oxygen atoms in total. The molecule has 0 saturated heterocycles. The van der Waals surface area contributed by atoms with E-state index in [-0.39, 0.29) is 0 Å². The zero-order chi connectivity index (χ0) is 14.7. The van der Waals surface area contributed by atoms with Crippen molar-refractivity contribution in [3.63, 3.8) is 0 Å². The molecule has 0 bridgehead atoms. The molecule has 0 radical (unpaired) electrons. The summed E-state index contributed by atoms with van der Waals surface area (Å²) in [6.07, 6.45) is 0. The molecule has 1 heterocycles. The number of aromatic nitrogens is 2. The van der Waals surface area contributed by atoms with Crippen LogP contribution in [0.2, 0.25) is 5.02 Å². The minimum absolute atomic E-state index is 0.563. The Bertz CT molecular complexity index is 762. The van der Waals surface area contributed by atoms with Crippen LogP contribution in [0, 0.1) is 0 Å². The van der Waals surface area contributed by atoms with Crippen molar-refractivity contribution in [1.29, 1.82) is 0 Å². The van der Waals surface area contributed by atoms with Crippen LogP contribution in [0.5, 0.6) is 5.88 Å². The van der Waals surface area contributed by atoms with E-state index in [1.54, 1.807) is 18.9 Å². The number of nitrogens with zero attached hydrogens (tertiary/aromatic N) is 2. The second-order valence-electron chi connectivity index (χ2n) is 4.44. The maximum Gasteiger partial charge on any atom is 0.247 e. The first-order valence-electron chi connectivity index (χ1n) is 6.44. The Morgan fingerprint density at radius 1 is 1.00 bits per heavy atom. The first-order valence-corrected chi connectivity index (χ1v) is 7.80. The highest BCUT2D eigenvalue weighted by Gasteiger charge is 2.10. The molecule has 0 atom stereocenters. The monoisotopic (exact) mass is 316 g/mol. The molecule has 21 heavy (non-hydrogen) atoms. The van der Waals surface area contributed by atoms with Gasteiger partial charge >= 0.3 is 0 Å². The molecule has 2 aromatic carbocycles. The molecule has 0 aliphatic rings. The topological polar surface area (TPSA) is 35.0 Å². The highest BCUT2D eigenvalue weighted by molar-refractivity contribution is 7.98. The number of benzene rings is 2. The zero-order valence-electron chi connectivity index (χ0n) is 11.4. The van der Waals surface area contributed by atoms with Crippen molar-refractivity contribution < 1.29 is 4.74 Å². The molecule has 0 aliphatic carbocycles. The highest BCUT2D eigenvalue weighted by atomic mass is 35.5. The number of thioether (sulfide) groups is 1. The first kappa shape index (κ1) is 14.2. The van der Waals surface area contributed by atoms with Crippen LogP contribution >= 0.6 is 23.4 Å². The van der Waals surface area contributed by atoms with Crippen LogP contribution in [-0.2, 0) is 5.75 Å². The molecule has 106 valence electrons. The van der Waals surface area contributed by atoms with Crippen molar-refractivity contribution in [2.75, 3.05) is 7.11 Å². The van der Waals surface area contributed by atoms with E-state index < -0.39 is 0 Å². The summed E-state index contributed by atoms with van der Waals surface area (Å²) < 4.78 is 5.35. The number of ether oxygens (including phenoxy) is 1. The van der Waals surface area contributed by atoms with E-state index in [4.69, 9.17) is 16.3 Å². The van der Waals surface area contributed by atoms with Crippen molar-refractivity contribution in [2.45, 2.75) is 10.8 Å². The van der Waals surface area contributed by atoms with Gasteiger partial charge in [0.05, 0.1) is 18.1 Å². The fourth-order valence-electron chi connectivity index (χ4n) is 1.93. The van der Waals surface area contributed by atoms with Crippen LogP contribution in [-0.4, -0.2) is 17.1 Å². The molecular formula is C16H13ClN2OS. The molecular weight excluding hydrogens is 304 g/mol. The molecule has 0 aliphatic heterocycles. The van der Waals surface area contributed by atoms with Gasteiger partial charge in [-0.1, -0.05) is 47.6 Å². The number of methoxy groups -OCH3 is 1. The summed E-state index contributed by atoms with van der Waals surface area (Å²) in [5.74, 6) is 1.35. The van der Waals surface area contributed by atoms with E-state index in [2.05, 4.69) is 9.97 Å². The Morgan fingerprint density at radius 2 is 1.67 bits per heavy atom. The van der Waals surface area contributed by atoms with E-state index in [1.807, 2.05) is 48.5 Å². The second kappa shape index (κ2) is 6.33. The molecule has 3 aromatic rings. The Morgan fingerprint density at radius 3 is 2.33 bits per heavy atom. The Hall–Kier alpha value is -1.78. The van der Waals surface area contributed by atoms with Crippen LogP contribution in [0.3, 0.4) is 0 Å². The van der Waals surface area contributed by atoms with Crippen LogP contribution in [0.15, 0.2) is 53.6 Å². The quantitative estimate of drug-likeness (QED) is 0.660. The zero-order valence-corrected chi connectivity index (χ0v) is 13.0. The van der Waals surface area contributed by atoms with Gasteiger partial charge in [-0.2, -0.15) is 0 Å². The molecule has 5 heteroatoms. The smallest absolute Gasteiger partial charge is 0.247 e. The van der Waals surface area contributed by atoms with Crippen LogP contribution in [0.25, 0.3) is 11.0 Å². The van der Waals surface area contributed by atoms with Gasteiger partial charge in [0.15, 0.2) is 5.03 Å². The largest absolute Gasteiger partial charge is 0.479 e. The van der Waals surface area contributed by atoms with E-state index in [0.29, 0.717) is 5.88 Å². The number of hydrogen-bond donors (Lipinski definition) is 0. The SMILES string of the molecule is COc1nc2ccccc2nc1SCc1ccc(Cl)cc1. The average molecular weight is 317 g/mol. The third-order valence-corrected chi connectivity index (χ3v) is 4.26. The lowest BCUT2D eigenvalue weighted by Gasteiger charge is -2.08. The average Bonchev–Trinajstić information content (AvgIpc) is 2.53. The highest BCUT2D eigenvalue weighted by Crippen LogP contribution is 2.30. The van der Waals surface area contributed by atoms with Gasteiger partial charge in [0, 0.05) is 10.8 Å². The third-order valence-electron chi connectivity index (χ3n) is 2.99. The Balaban J connectivity index is 1.86. The van der Waals surface area contributed by atoms with Gasteiger partial charge in [-0.05, 0) is 29.8 Å². The summed E-state index contributed by atoms with van der Waals surface area (Å²) >= 11 is 7.50. The fraction of sp³-hybridized carbons (Fsp3) is 0.125. The third kappa shape index (κ3) is 3.28. The normalized spacial score (nSPS) is 10.8. The lowest BCUT2D eigenvalue weighted by molar-refractivity contribution is 0.385. The first-order chi connectivity index (χ1) is 10.3. The standard InChI is InChI=1S/C16H13ClN2OS/c1-20-15-16(19-14-5-3-2-4-13(14)18-15)21-10-11-6-8-12(17)9-7-11/h2-9H,10H2,1H3. The van der Waals surface area contributed by atoms with Crippen molar-refractivity contribution in [3.8, 4) is 5.88 Å². The maximum atomic E-state index is 5.89. The fourth-order valence-corrected chi connectivity index (χ4v) is 2.96. The van der Waals surface area contributed by atoms with E-state index in [9.17, 15) is 0 Å². The predicted molar refractivity (Wildman–Crippen MR) is 87.1 cm³/mol. The van der Waals surface area contributed by atoms with Crippen LogP contribution in [0.4, 0.5) is 0 Å². The summed E-state index contributed by atoms with van der Waals surface area (Å²) in [6.45, 7) is 0. The number of hydrogen-bond acceptors (Lipinski definition) is 4. The molecule has 3 rings (SSSR count). The summed E-state index contributed by atoms with van der Waals surface area (Å²) in [5, 5.41) is 1.54. The van der Waals surface area contributed by atoms with Gasteiger partial charge in [0.1, 0.15) is 0 Å². The predicted octanol–water partition coefficient (Wildman–Crippen LogP) is 4.58. The molecule has 0 unspecified atom stereocenters. The molecule has 0 N–H and O–H groups in total. The maximum absolute atomic E-state index is 5.89. The Labute approximate surface area is 132 Å². The van der Waals surface area contributed by atoms with Gasteiger partial charge in [0.2, 0.25) is 5.88 Å². The number of fused-ring (bicyclic) bond motifs is 1.